The number of ether oxygens (including phenoxy) is 1. The summed E-state index contributed by atoms with van der Waals surface area (Å²) in [6.45, 7) is 0. The van der Waals surface area contributed by atoms with Crippen molar-refractivity contribution in [1.82, 2.24) is 14.8 Å². The Labute approximate surface area is 283 Å². The predicted octanol–water partition coefficient (Wildman–Crippen LogP) is 10.1. The van der Waals surface area contributed by atoms with Gasteiger partial charge < -0.3 is 18.5 Å². The van der Waals surface area contributed by atoms with Crippen LogP contribution in [0.25, 0.3) is 55.1 Å². The smallest absolute Gasteiger partial charge is 0.513 e. The topological polar surface area (TPSA) is 69.5 Å². The number of rotatable bonds is 6. The van der Waals surface area contributed by atoms with E-state index in [4.69, 9.17) is 23.7 Å². The van der Waals surface area contributed by atoms with E-state index in [1.165, 1.54) is 0 Å². The van der Waals surface area contributed by atoms with E-state index in [1.54, 1.807) is 10.9 Å². The van der Waals surface area contributed by atoms with Crippen molar-refractivity contribution in [2.45, 2.75) is 0 Å². The van der Waals surface area contributed by atoms with E-state index in [-0.39, 0.29) is 21.1 Å². The third-order valence-corrected chi connectivity index (χ3v) is 8.06. The molecule has 4 heterocycles. The van der Waals surface area contributed by atoms with Gasteiger partial charge in [0.05, 0.1) is 5.58 Å². The number of para-hydroxylation sites is 3. The zero-order valence-electron chi connectivity index (χ0n) is 25.0. The van der Waals surface area contributed by atoms with Crippen LogP contribution in [0.2, 0.25) is 0 Å². The third kappa shape index (κ3) is 4.96. The molecule has 0 spiro atoms. The van der Waals surface area contributed by atoms with Crippen LogP contribution in [0.4, 0.5) is 17.2 Å². The second-order valence-corrected chi connectivity index (χ2v) is 11.0. The summed E-state index contributed by atoms with van der Waals surface area (Å²) < 4.78 is 21.2. The molecule has 0 unspecified atom stereocenters. The van der Waals surface area contributed by atoms with Gasteiger partial charge in [0.1, 0.15) is 17.0 Å². The normalized spacial score (nSPS) is 11.3. The minimum Gasteiger partial charge on any atom is -0.513 e. The van der Waals surface area contributed by atoms with Gasteiger partial charge in [0.2, 0.25) is 0 Å². The molecule has 47 heavy (non-hydrogen) atoms. The number of nitrogens with zero attached hydrogens (tertiary/aromatic N) is 4. The van der Waals surface area contributed by atoms with Gasteiger partial charge in [-0.15, -0.1) is 17.7 Å². The maximum absolute atomic E-state index is 6.65. The minimum absolute atomic E-state index is 0. The number of aryl methyl sites for hydroxylation is 1. The molecular weight excluding hydrogens is 768 g/mol. The summed E-state index contributed by atoms with van der Waals surface area (Å²) in [5.41, 5.74) is 6.06. The van der Waals surface area contributed by atoms with Crippen LogP contribution in [0.5, 0.6) is 11.5 Å². The quantitative estimate of drug-likeness (QED) is 0.156. The summed E-state index contributed by atoms with van der Waals surface area (Å²) in [5, 5.41) is 8.49. The summed E-state index contributed by atoms with van der Waals surface area (Å²) in [7, 11) is 1.90. The number of benzene rings is 5. The summed E-state index contributed by atoms with van der Waals surface area (Å²) in [5.74, 6) is 1.69. The number of aromatic nitrogens is 3. The van der Waals surface area contributed by atoms with Crippen molar-refractivity contribution in [2.75, 3.05) is 4.90 Å². The van der Waals surface area contributed by atoms with Crippen LogP contribution in [0.3, 0.4) is 0 Å². The second kappa shape index (κ2) is 11.6. The van der Waals surface area contributed by atoms with Gasteiger partial charge in [-0.25, -0.2) is 10.1 Å². The molecule has 228 valence electrons. The molecule has 0 radical (unpaired) electrons. The maximum Gasteiger partial charge on any atom is 2.00 e. The fourth-order valence-corrected chi connectivity index (χ4v) is 6.06. The van der Waals surface area contributed by atoms with Crippen LogP contribution in [0.15, 0.2) is 136 Å². The van der Waals surface area contributed by atoms with Crippen LogP contribution in [0.1, 0.15) is 0 Å². The van der Waals surface area contributed by atoms with Crippen LogP contribution < -0.4 is 9.64 Å². The fraction of sp³-hybridized carbons (Fsp3) is 0.0256. The molecule has 0 saturated carbocycles. The summed E-state index contributed by atoms with van der Waals surface area (Å²) in [6.07, 6.45) is 3.69. The molecule has 0 aliphatic rings. The molecule has 0 aliphatic heterocycles. The first-order valence-electron chi connectivity index (χ1n) is 14.9. The van der Waals surface area contributed by atoms with Gasteiger partial charge in [-0.05, 0) is 47.5 Å². The first-order valence-corrected chi connectivity index (χ1v) is 14.9. The molecule has 0 saturated heterocycles. The Kier molecular flexibility index (Phi) is 7.11. The van der Waals surface area contributed by atoms with Gasteiger partial charge in [-0.2, -0.15) is 0 Å². The molecule has 8 heteroatoms. The van der Waals surface area contributed by atoms with Crippen LogP contribution in [-0.4, -0.2) is 14.8 Å². The van der Waals surface area contributed by atoms with E-state index in [1.807, 2.05) is 127 Å². The van der Waals surface area contributed by atoms with Crippen LogP contribution >= 0.6 is 0 Å². The summed E-state index contributed by atoms with van der Waals surface area (Å²) in [4.78, 5) is 6.74. The second-order valence-electron chi connectivity index (χ2n) is 11.0. The van der Waals surface area contributed by atoms with Crippen LogP contribution in [0, 0.1) is 12.1 Å². The molecule has 0 aliphatic carbocycles. The van der Waals surface area contributed by atoms with Crippen LogP contribution in [-0.2, 0) is 28.1 Å². The Morgan fingerprint density at radius 3 is 2.19 bits per heavy atom. The van der Waals surface area contributed by atoms with E-state index in [9.17, 15) is 0 Å². The zero-order chi connectivity index (χ0) is 30.6. The molecule has 0 atom stereocenters. The minimum atomic E-state index is 0. The van der Waals surface area contributed by atoms with E-state index >= 15 is 0 Å². The number of furan rings is 2. The monoisotopic (exact) mass is 791 g/mol. The molecule has 0 bridgehead atoms. The van der Waals surface area contributed by atoms with Crippen molar-refractivity contribution in [2.24, 2.45) is 7.05 Å². The van der Waals surface area contributed by atoms with E-state index < -0.39 is 0 Å². The number of hydrogen-bond donors (Lipinski definition) is 0. The Morgan fingerprint density at radius 1 is 0.702 bits per heavy atom. The molecule has 4 aromatic heterocycles. The molecule has 5 aromatic carbocycles. The number of fused-ring (bicyclic) bond motifs is 6. The Bertz CT molecular complexity index is 2500. The average molecular weight is 792 g/mol. The predicted molar refractivity (Wildman–Crippen MR) is 180 cm³/mol. The van der Waals surface area contributed by atoms with Gasteiger partial charge in [0.25, 0.3) is 0 Å². The Morgan fingerprint density at radius 2 is 1.43 bits per heavy atom. The average Bonchev–Trinajstić information content (AvgIpc) is 3.80. The van der Waals surface area contributed by atoms with Crippen molar-refractivity contribution in [3.63, 3.8) is 0 Å². The molecule has 7 nitrogen and oxygen atoms in total. The van der Waals surface area contributed by atoms with Gasteiger partial charge in [0.15, 0.2) is 0 Å². The molecule has 0 amide bonds. The SMILES string of the molecule is Cn1ccc(-c2[c-]c(Oc3[c-]c(N(c4ccccc4)c4ccccn4)c4oc5ccccc5c4c3)cc3oc4ccccc4c23)n1.[Pt+2]. The van der Waals surface area contributed by atoms with Crippen molar-refractivity contribution in [1.29, 1.82) is 0 Å². The first kappa shape index (κ1) is 28.8. The van der Waals surface area contributed by atoms with Gasteiger partial charge in [-0.1, -0.05) is 89.6 Å². The number of pyridine rings is 1. The largest absolute Gasteiger partial charge is 2.00 e. The van der Waals surface area contributed by atoms with Crippen molar-refractivity contribution in [3.8, 4) is 22.8 Å². The summed E-state index contributed by atoms with van der Waals surface area (Å²) in [6, 6.07) is 44.7. The van der Waals surface area contributed by atoms with E-state index in [0.717, 1.165) is 55.5 Å². The fourth-order valence-electron chi connectivity index (χ4n) is 6.06. The zero-order valence-corrected chi connectivity index (χ0v) is 27.2. The van der Waals surface area contributed by atoms with Crippen molar-refractivity contribution >= 4 is 61.1 Å². The molecule has 0 N–H and O–H groups in total. The molecule has 9 aromatic rings. The van der Waals surface area contributed by atoms with Crippen molar-refractivity contribution < 1.29 is 34.6 Å². The standard InChI is InChI=1S/C39H24N4O3.Pt/c1-42-20-18-32(41-42)31-22-27(24-36-38(31)29-14-6-8-16-35(29)45-36)44-26-21-30-28-13-5-7-15-34(28)46-39(30)33(23-26)43(25-11-3-2-4-12-25)37-17-9-10-19-40-37;/h2-21,24H,1H3;/q-2;+2. The number of anilines is 3. The molecule has 9 rings (SSSR count). The van der Waals surface area contributed by atoms with Gasteiger partial charge in [0, 0.05) is 53.3 Å². The third-order valence-electron chi connectivity index (χ3n) is 8.06. The molecular formula is C39H24N4O3Pt. The van der Waals surface area contributed by atoms with Gasteiger partial charge in [-0.3, -0.25) is 4.68 Å². The number of hydrogen-bond acceptors (Lipinski definition) is 6. The first-order chi connectivity index (χ1) is 22.7. The van der Waals surface area contributed by atoms with Gasteiger partial charge >= 0.3 is 21.1 Å². The van der Waals surface area contributed by atoms with Crippen molar-refractivity contribution in [3.05, 3.63) is 140 Å². The summed E-state index contributed by atoms with van der Waals surface area (Å²) >= 11 is 0. The Balaban J connectivity index is 0.00000324. The molecule has 0 fully saturated rings. The maximum atomic E-state index is 6.65. The van der Waals surface area contributed by atoms with E-state index in [2.05, 4.69) is 18.2 Å². The van der Waals surface area contributed by atoms with E-state index in [0.29, 0.717) is 28.4 Å². The Hall–Kier alpha value is -5.65.